The van der Waals surface area contributed by atoms with Crippen molar-refractivity contribution in [2.75, 3.05) is 32.7 Å². The smallest absolute Gasteiger partial charge is 0.333 e. The van der Waals surface area contributed by atoms with E-state index < -0.39 is 6.17 Å². The van der Waals surface area contributed by atoms with E-state index in [1.165, 1.54) is 17.7 Å². The van der Waals surface area contributed by atoms with Crippen LogP contribution in [0.2, 0.25) is 0 Å². The molecule has 2 aliphatic rings. The van der Waals surface area contributed by atoms with Crippen molar-refractivity contribution in [3.05, 3.63) is 121 Å². The lowest BCUT2D eigenvalue weighted by molar-refractivity contribution is -0.182. The number of benzene rings is 1. The molecule has 3 rings (SSSR count). The summed E-state index contributed by atoms with van der Waals surface area (Å²) in [5.74, 6) is -0.368. The molecule has 1 N–H and O–H groups in total. The number of rotatable bonds is 12. The van der Waals surface area contributed by atoms with Crippen molar-refractivity contribution in [2.45, 2.75) is 32.5 Å². The number of hydrogen-bond acceptors (Lipinski definition) is 4. The van der Waals surface area contributed by atoms with Gasteiger partial charge in [0.25, 0.3) is 0 Å². The van der Waals surface area contributed by atoms with Crippen LogP contribution in [-0.2, 0) is 16.1 Å². The Hall–Kier alpha value is -3.95. The second-order valence-corrected chi connectivity index (χ2v) is 10.5. The molecule has 1 aromatic carbocycles. The van der Waals surface area contributed by atoms with E-state index in [2.05, 4.69) is 60.6 Å². The zero-order chi connectivity index (χ0) is 30.9. The Morgan fingerprint density at radius 3 is 2.38 bits per heavy atom. The van der Waals surface area contributed by atoms with Gasteiger partial charge in [-0.25, -0.2) is 14.8 Å². The fourth-order valence-corrected chi connectivity index (χ4v) is 4.62. The lowest BCUT2D eigenvalue weighted by atomic mass is 10.1. The largest absolute Gasteiger partial charge is 0.334 e. The Bertz CT molecular complexity index is 1200. The first kappa shape index (κ1) is 34.3. The second kappa shape index (κ2) is 18.5. The first-order valence-corrected chi connectivity index (χ1v) is 14.7. The van der Waals surface area contributed by atoms with E-state index in [1.54, 1.807) is 45.3 Å². The van der Waals surface area contributed by atoms with Gasteiger partial charge in [0.1, 0.15) is 12.7 Å². The van der Waals surface area contributed by atoms with Crippen LogP contribution in [0.15, 0.2) is 115 Å². The van der Waals surface area contributed by atoms with Gasteiger partial charge in [0.05, 0.1) is 13.1 Å². The number of halogens is 1. The number of nitrogens with one attached hydrogen (secondary N) is 1. The van der Waals surface area contributed by atoms with Gasteiger partial charge < -0.3 is 15.1 Å². The fraction of sp³-hybridized carbons (Fsp3) is 0.303. The number of unbranched alkanes of at least 4 members (excludes halogenated alkanes) is 1. The summed E-state index contributed by atoms with van der Waals surface area (Å²) < 4.78 is 0.944. The molecule has 0 aromatic heterocycles. The van der Waals surface area contributed by atoms with Crippen molar-refractivity contribution in [2.24, 2.45) is 0 Å². The van der Waals surface area contributed by atoms with E-state index in [4.69, 9.17) is 0 Å². The molecule has 1 unspecified atom stereocenters. The molecule has 0 saturated carbocycles. The number of carbonyl (C=O) groups excluding carboxylic acids is 3. The minimum absolute atomic E-state index is 0.00434. The number of hydrazine groups is 1. The molecule has 2 saturated heterocycles. The third kappa shape index (κ3) is 10.5. The number of fused-ring (bicyclic) bond motifs is 1. The number of piperazine rings is 1. The molecule has 42 heavy (non-hydrogen) atoms. The summed E-state index contributed by atoms with van der Waals surface area (Å²) >= 11 is 3.42. The second-order valence-electron chi connectivity index (χ2n) is 9.56. The molecule has 2 heterocycles. The maximum absolute atomic E-state index is 13.2. The summed E-state index contributed by atoms with van der Waals surface area (Å²) in [6.07, 6.45) is 18.3. The summed E-state index contributed by atoms with van der Waals surface area (Å²) in [5, 5.41) is 6.09. The van der Waals surface area contributed by atoms with Crippen molar-refractivity contribution in [1.82, 2.24) is 25.1 Å². The van der Waals surface area contributed by atoms with Gasteiger partial charge in [-0.15, -0.1) is 6.58 Å². The van der Waals surface area contributed by atoms with Crippen molar-refractivity contribution < 1.29 is 14.4 Å². The van der Waals surface area contributed by atoms with Crippen LogP contribution in [0.1, 0.15) is 25.3 Å². The Balaban J connectivity index is 0.000000592. The molecular weight excluding hydrogens is 594 g/mol. The van der Waals surface area contributed by atoms with Gasteiger partial charge in [-0.3, -0.25) is 9.59 Å². The molecule has 0 bridgehead atoms. The van der Waals surface area contributed by atoms with E-state index in [0.717, 1.165) is 15.6 Å². The molecule has 2 fully saturated rings. The predicted molar refractivity (Wildman–Crippen MR) is 174 cm³/mol. The highest BCUT2D eigenvalue weighted by molar-refractivity contribution is 9.10. The number of nitrogens with zero attached hydrogens (tertiary/aromatic N) is 4. The summed E-state index contributed by atoms with van der Waals surface area (Å²) in [7, 11) is 0. The van der Waals surface area contributed by atoms with E-state index in [-0.39, 0.29) is 44.0 Å². The van der Waals surface area contributed by atoms with E-state index in [9.17, 15) is 14.4 Å². The lowest BCUT2D eigenvalue weighted by Crippen LogP contribution is -2.73. The van der Waals surface area contributed by atoms with E-state index >= 15 is 0 Å². The summed E-state index contributed by atoms with van der Waals surface area (Å²) in [4.78, 5) is 42.1. The molecule has 4 amide bonds. The van der Waals surface area contributed by atoms with Gasteiger partial charge in [-0.05, 0) is 29.7 Å². The zero-order valence-electron chi connectivity index (χ0n) is 24.5. The van der Waals surface area contributed by atoms with Crippen molar-refractivity contribution in [3.63, 3.8) is 0 Å². The summed E-state index contributed by atoms with van der Waals surface area (Å²) in [6.45, 7) is 17.9. The molecule has 224 valence electrons. The highest BCUT2D eigenvalue weighted by Crippen LogP contribution is 2.25. The normalized spacial score (nSPS) is 17.5. The molecule has 9 heteroatoms. The Kier molecular flexibility index (Phi) is 15.1. The first-order chi connectivity index (χ1) is 20.3. The number of amides is 4. The number of allylic oxidation sites excluding steroid dienone is 7. The lowest BCUT2D eigenvalue weighted by Gasteiger charge is -2.52. The van der Waals surface area contributed by atoms with Crippen molar-refractivity contribution in [3.8, 4) is 0 Å². The van der Waals surface area contributed by atoms with Crippen LogP contribution in [0.25, 0.3) is 0 Å². The van der Waals surface area contributed by atoms with Crippen molar-refractivity contribution in [1.29, 1.82) is 0 Å². The van der Waals surface area contributed by atoms with Crippen LogP contribution in [-0.4, -0.2) is 76.6 Å². The van der Waals surface area contributed by atoms with Crippen molar-refractivity contribution >= 4 is 33.8 Å². The Labute approximate surface area is 258 Å². The number of hydrogen-bond donors (Lipinski definition) is 1. The Morgan fingerprint density at radius 2 is 1.76 bits per heavy atom. The average molecular weight is 637 g/mol. The quantitative estimate of drug-likeness (QED) is 0.234. The third-order valence-corrected chi connectivity index (χ3v) is 6.96. The van der Waals surface area contributed by atoms with Gasteiger partial charge in [0.15, 0.2) is 0 Å². The first-order valence-electron chi connectivity index (χ1n) is 13.9. The van der Waals surface area contributed by atoms with Crippen LogP contribution in [0, 0.1) is 0 Å². The predicted octanol–water partition coefficient (Wildman–Crippen LogP) is 5.76. The maximum Gasteiger partial charge on any atom is 0.334 e. The van der Waals surface area contributed by atoms with Gasteiger partial charge in [0.2, 0.25) is 11.8 Å². The maximum atomic E-state index is 13.2. The topological polar surface area (TPSA) is 76.2 Å². The monoisotopic (exact) mass is 635 g/mol. The van der Waals surface area contributed by atoms with Crippen LogP contribution in [0.3, 0.4) is 0 Å². The summed E-state index contributed by atoms with van der Waals surface area (Å²) in [5.41, 5.74) is 1.77. The Morgan fingerprint density at radius 1 is 1.02 bits per heavy atom. The molecule has 8 nitrogen and oxygen atoms in total. The molecule has 1 atom stereocenters. The van der Waals surface area contributed by atoms with Gasteiger partial charge >= 0.3 is 6.03 Å². The zero-order valence-corrected chi connectivity index (χ0v) is 26.0. The number of carbonyl (C=O) groups is 3. The highest BCUT2D eigenvalue weighted by Gasteiger charge is 2.46. The van der Waals surface area contributed by atoms with Crippen LogP contribution < -0.4 is 5.32 Å². The van der Waals surface area contributed by atoms with Gasteiger partial charge in [0, 0.05) is 24.1 Å². The van der Waals surface area contributed by atoms with Gasteiger partial charge in [-0.2, -0.15) is 0 Å². The molecule has 0 aliphatic carbocycles. The van der Waals surface area contributed by atoms with Crippen LogP contribution >= 0.6 is 15.9 Å². The fourth-order valence-electron chi connectivity index (χ4n) is 4.35. The van der Waals surface area contributed by atoms with E-state index in [1.807, 2.05) is 42.5 Å². The number of urea groups is 1. The SMILES string of the molecule is C=C/C=C(\C=C)CN1CC2N(CC1=O)C(=O)CN(Cc1ccc(Br)cc1)N2C(=O)NCC=C.C=C/C=C\C=C/CCC. The molecule has 1 aromatic rings. The van der Waals surface area contributed by atoms with Crippen LogP contribution in [0.5, 0.6) is 0 Å². The molecular formula is C33H42BrN5O3. The summed E-state index contributed by atoms with van der Waals surface area (Å²) in [6, 6.07) is 7.36. The minimum atomic E-state index is -0.626. The molecule has 0 radical (unpaired) electrons. The van der Waals surface area contributed by atoms with Gasteiger partial charge in [-0.1, -0.05) is 116 Å². The average Bonchev–Trinajstić information content (AvgIpc) is 2.98. The van der Waals surface area contributed by atoms with E-state index in [0.29, 0.717) is 13.1 Å². The minimum Gasteiger partial charge on any atom is -0.333 e. The van der Waals surface area contributed by atoms with Crippen LogP contribution in [0.4, 0.5) is 4.79 Å². The molecule has 0 spiro atoms. The highest BCUT2D eigenvalue weighted by atomic mass is 79.9. The standard InChI is InChI=1S/C24H28BrN5O3.C9H14/c1-4-7-18(6-3)13-27-15-21-29(17-22(27)31)23(32)16-28(30(21)24(33)26-12-5-2)14-19-8-10-20(25)11-9-19;1-3-5-7-9-8-6-4-2/h4-11,21H,1-3,12-17H2,(H,26,33);3,5,7-9H,1,4,6H2,2H3/b18-7+;7-5-,9-8-. The third-order valence-electron chi connectivity index (χ3n) is 6.43. The molecule has 2 aliphatic heterocycles.